The Kier molecular flexibility index (Phi) is 6.96. The highest BCUT2D eigenvalue weighted by molar-refractivity contribution is 7.99. The molecule has 0 bridgehead atoms. The average molecular weight is 468 g/mol. The van der Waals surface area contributed by atoms with Gasteiger partial charge in [-0.15, -0.1) is 11.3 Å². The summed E-state index contributed by atoms with van der Waals surface area (Å²) in [6.45, 7) is 3.42. The van der Waals surface area contributed by atoms with E-state index in [4.69, 9.17) is 9.84 Å². The van der Waals surface area contributed by atoms with Gasteiger partial charge in [0.1, 0.15) is 16.9 Å². The highest BCUT2D eigenvalue weighted by Crippen LogP contribution is 2.36. The second-order valence-corrected chi connectivity index (χ2v) is 8.78. The zero-order valence-electron chi connectivity index (χ0n) is 17.4. The summed E-state index contributed by atoms with van der Waals surface area (Å²) in [6.07, 6.45) is 2.45. The first kappa shape index (κ1) is 22.2. The van der Waals surface area contributed by atoms with E-state index in [0.717, 1.165) is 21.3 Å². The van der Waals surface area contributed by atoms with E-state index in [1.807, 2.05) is 50.2 Å². The van der Waals surface area contributed by atoms with Crippen LogP contribution in [0.1, 0.15) is 23.2 Å². The van der Waals surface area contributed by atoms with E-state index >= 15 is 0 Å². The van der Waals surface area contributed by atoms with Gasteiger partial charge in [0.25, 0.3) is 0 Å². The number of aromatic nitrogens is 4. The van der Waals surface area contributed by atoms with Gasteiger partial charge in [0.2, 0.25) is 0 Å². The molecule has 4 heterocycles. The van der Waals surface area contributed by atoms with Crippen molar-refractivity contribution >= 4 is 34.0 Å². The first-order chi connectivity index (χ1) is 15.5. The molecule has 1 unspecified atom stereocenters. The highest BCUT2D eigenvalue weighted by Gasteiger charge is 2.15. The lowest BCUT2D eigenvalue weighted by Crippen LogP contribution is -2.03. The largest absolute Gasteiger partial charge is 0.452 e. The number of aliphatic hydroxyl groups excluding tert-OH is 2. The minimum atomic E-state index is -1.02. The molecular weight excluding hydrogens is 446 g/mol. The Morgan fingerprint density at radius 2 is 2.00 bits per heavy atom. The zero-order chi connectivity index (χ0) is 22.5. The molecule has 10 heteroatoms. The van der Waals surface area contributed by atoms with E-state index in [0.29, 0.717) is 28.1 Å². The van der Waals surface area contributed by atoms with Crippen LogP contribution in [0.5, 0.6) is 11.5 Å². The maximum Gasteiger partial charge on any atom is 0.188 e. The molecule has 0 spiro atoms. The number of hydrogen-bond donors (Lipinski definition) is 3. The van der Waals surface area contributed by atoms with E-state index < -0.39 is 12.7 Å². The van der Waals surface area contributed by atoms with Crippen molar-refractivity contribution in [1.29, 1.82) is 0 Å². The highest BCUT2D eigenvalue weighted by atomic mass is 32.2. The molecule has 164 valence electrons. The normalized spacial score (nSPS) is 11.9. The summed E-state index contributed by atoms with van der Waals surface area (Å²) in [5.74, 6) is 1.59. The molecular formula is C22H21N5O3S2. The summed E-state index contributed by atoms with van der Waals surface area (Å²) >= 11 is 2.77. The van der Waals surface area contributed by atoms with Crippen LogP contribution in [0.4, 0.5) is 10.9 Å². The number of pyridine rings is 3. The lowest BCUT2D eigenvalue weighted by molar-refractivity contribution is 0.0928. The summed E-state index contributed by atoms with van der Waals surface area (Å²) in [5.41, 5.74) is 2.06. The van der Waals surface area contributed by atoms with Gasteiger partial charge in [0, 0.05) is 34.4 Å². The molecule has 32 heavy (non-hydrogen) atoms. The van der Waals surface area contributed by atoms with Crippen molar-refractivity contribution in [3.63, 3.8) is 0 Å². The van der Waals surface area contributed by atoms with Crippen LogP contribution >= 0.6 is 23.1 Å². The Bertz CT molecular complexity index is 1200. The Morgan fingerprint density at radius 3 is 2.75 bits per heavy atom. The topological polar surface area (TPSA) is 113 Å². The standard InChI is InChI=1S/C22H21N5O3S2/c1-13-6-7-18(14(2)25-13)30-19-9-15(32-20-5-3-4-8-23-20)10-24-21(19)27-22-26-16(12-31-22)17(29)11-28/h3-10,12,17,28-29H,11H2,1-2H3,(H,24,26,27). The molecule has 0 saturated heterocycles. The van der Waals surface area contributed by atoms with Crippen molar-refractivity contribution in [3.8, 4) is 11.5 Å². The molecule has 4 rings (SSSR count). The molecule has 0 aliphatic heterocycles. The Labute approximate surface area is 193 Å². The summed E-state index contributed by atoms with van der Waals surface area (Å²) < 4.78 is 6.19. The minimum Gasteiger partial charge on any atom is -0.452 e. The number of nitrogens with zero attached hydrogens (tertiary/aromatic N) is 4. The second kappa shape index (κ2) is 10.0. The van der Waals surface area contributed by atoms with Crippen LogP contribution in [0.2, 0.25) is 0 Å². The van der Waals surface area contributed by atoms with Crippen molar-refractivity contribution in [2.75, 3.05) is 11.9 Å². The van der Waals surface area contributed by atoms with E-state index in [9.17, 15) is 5.11 Å². The van der Waals surface area contributed by atoms with Crippen molar-refractivity contribution < 1.29 is 14.9 Å². The number of ether oxygens (including phenoxy) is 1. The van der Waals surface area contributed by atoms with Gasteiger partial charge in [-0.05, 0) is 38.1 Å². The summed E-state index contributed by atoms with van der Waals surface area (Å²) in [7, 11) is 0. The summed E-state index contributed by atoms with van der Waals surface area (Å²) in [6, 6.07) is 11.4. The van der Waals surface area contributed by atoms with Crippen LogP contribution in [-0.4, -0.2) is 36.8 Å². The SMILES string of the molecule is Cc1ccc(Oc2cc(Sc3ccccn3)cnc2Nc2nc(C(O)CO)cs2)c(C)n1. The number of anilines is 2. The molecule has 1 atom stereocenters. The molecule has 4 aromatic heterocycles. The molecule has 0 aromatic carbocycles. The van der Waals surface area contributed by atoms with Crippen LogP contribution in [-0.2, 0) is 0 Å². The van der Waals surface area contributed by atoms with Gasteiger partial charge in [-0.2, -0.15) is 0 Å². The summed E-state index contributed by atoms with van der Waals surface area (Å²) in [4.78, 5) is 18.5. The Hall–Kier alpha value is -3.05. The number of rotatable bonds is 8. The number of thiazole rings is 1. The fourth-order valence-corrected chi connectivity index (χ4v) is 4.30. The quantitative estimate of drug-likeness (QED) is 0.340. The number of nitrogens with one attached hydrogen (secondary N) is 1. The molecule has 0 amide bonds. The van der Waals surface area contributed by atoms with Crippen LogP contribution < -0.4 is 10.1 Å². The van der Waals surface area contributed by atoms with Crippen LogP contribution in [0.15, 0.2) is 64.1 Å². The Balaban J connectivity index is 1.65. The van der Waals surface area contributed by atoms with Crippen molar-refractivity contribution in [2.24, 2.45) is 0 Å². The molecule has 0 radical (unpaired) electrons. The second-order valence-electron chi connectivity index (χ2n) is 6.83. The van der Waals surface area contributed by atoms with E-state index in [-0.39, 0.29) is 0 Å². The molecule has 0 saturated carbocycles. The first-order valence-corrected chi connectivity index (χ1v) is 11.4. The molecule has 3 N–H and O–H groups in total. The van der Waals surface area contributed by atoms with Crippen LogP contribution in [0.25, 0.3) is 0 Å². The smallest absolute Gasteiger partial charge is 0.188 e. The summed E-state index contributed by atoms with van der Waals surface area (Å²) in [5, 5.41) is 25.1. The van der Waals surface area contributed by atoms with Gasteiger partial charge in [-0.25, -0.2) is 15.0 Å². The van der Waals surface area contributed by atoms with Gasteiger partial charge in [0.05, 0.1) is 18.0 Å². The van der Waals surface area contributed by atoms with Crippen molar-refractivity contribution in [1.82, 2.24) is 19.9 Å². The van der Waals surface area contributed by atoms with Crippen molar-refractivity contribution in [3.05, 3.63) is 71.3 Å². The van der Waals surface area contributed by atoms with E-state index in [2.05, 4.69) is 25.3 Å². The van der Waals surface area contributed by atoms with Gasteiger partial charge >= 0.3 is 0 Å². The van der Waals surface area contributed by atoms with E-state index in [1.165, 1.54) is 23.1 Å². The van der Waals surface area contributed by atoms with Crippen LogP contribution in [0.3, 0.4) is 0 Å². The number of aryl methyl sites for hydroxylation is 2. The van der Waals surface area contributed by atoms with Gasteiger partial charge in [-0.3, -0.25) is 4.98 Å². The third kappa shape index (κ3) is 5.40. The minimum absolute atomic E-state index is 0.392. The average Bonchev–Trinajstić information content (AvgIpc) is 3.26. The number of hydrogen-bond acceptors (Lipinski definition) is 10. The molecule has 0 aliphatic rings. The third-order valence-electron chi connectivity index (χ3n) is 4.35. The van der Waals surface area contributed by atoms with Gasteiger partial charge < -0.3 is 20.3 Å². The predicted molar refractivity (Wildman–Crippen MR) is 124 cm³/mol. The fourth-order valence-electron chi connectivity index (χ4n) is 2.77. The maximum atomic E-state index is 9.80. The van der Waals surface area contributed by atoms with Gasteiger partial charge in [-0.1, -0.05) is 17.8 Å². The van der Waals surface area contributed by atoms with Gasteiger partial charge in [0.15, 0.2) is 16.7 Å². The maximum absolute atomic E-state index is 9.80. The predicted octanol–water partition coefficient (Wildman–Crippen LogP) is 4.66. The lowest BCUT2D eigenvalue weighted by Gasteiger charge is -2.14. The molecule has 8 nitrogen and oxygen atoms in total. The van der Waals surface area contributed by atoms with E-state index in [1.54, 1.807) is 17.8 Å². The molecule has 0 fully saturated rings. The first-order valence-electron chi connectivity index (χ1n) is 9.74. The molecule has 0 aliphatic carbocycles. The Morgan fingerprint density at radius 1 is 1.12 bits per heavy atom. The molecule has 4 aromatic rings. The number of aliphatic hydroxyl groups is 2. The lowest BCUT2D eigenvalue weighted by atomic mass is 10.3. The monoisotopic (exact) mass is 467 g/mol. The van der Waals surface area contributed by atoms with Crippen molar-refractivity contribution in [2.45, 2.75) is 29.9 Å². The third-order valence-corrected chi connectivity index (χ3v) is 6.03. The zero-order valence-corrected chi connectivity index (χ0v) is 19.0. The van der Waals surface area contributed by atoms with Crippen LogP contribution in [0, 0.1) is 13.8 Å². The fraction of sp³-hybridized carbons (Fsp3) is 0.182.